The van der Waals surface area contributed by atoms with Crippen molar-refractivity contribution in [3.05, 3.63) is 64.2 Å². The minimum Gasteiger partial charge on any atom is -0.466 e. The maximum atomic E-state index is 12.8. The highest BCUT2D eigenvalue weighted by atomic mass is 35.5. The molecule has 0 bridgehead atoms. The Hall–Kier alpha value is -1.89. The number of sulfonamides is 1. The van der Waals surface area contributed by atoms with Crippen molar-refractivity contribution >= 4 is 27.6 Å². The van der Waals surface area contributed by atoms with Gasteiger partial charge in [-0.3, -0.25) is 4.79 Å². The molecule has 0 aliphatic heterocycles. The summed E-state index contributed by atoms with van der Waals surface area (Å²) >= 11 is 5.97. The number of hydrogen-bond donors (Lipinski definition) is 1. The first-order chi connectivity index (χ1) is 12.2. The van der Waals surface area contributed by atoms with Crippen LogP contribution >= 0.6 is 11.6 Å². The largest absolute Gasteiger partial charge is 0.466 e. The molecule has 0 saturated carbocycles. The molecule has 7 heteroatoms. The number of carbonyl (C=O) groups excluding carboxylic acids is 1. The molecule has 140 valence electrons. The van der Waals surface area contributed by atoms with Gasteiger partial charge in [0.2, 0.25) is 10.0 Å². The van der Waals surface area contributed by atoms with Gasteiger partial charge in [-0.2, -0.15) is 0 Å². The van der Waals surface area contributed by atoms with Crippen LogP contribution in [0.4, 0.5) is 0 Å². The van der Waals surface area contributed by atoms with E-state index < -0.39 is 22.0 Å². The maximum absolute atomic E-state index is 12.8. The Labute approximate surface area is 159 Å². The second-order valence-corrected chi connectivity index (χ2v) is 8.13. The molecule has 2 aromatic rings. The first-order valence-electron chi connectivity index (χ1n) is 8.23. The van der Waals surface area contributed by atoms with Crippen LogP contribution < -0.4 is 4.72 Å². The Bertz CT molecular complexity index is 879. The lowest BCUT2D eigenvalue weighted by molar-refractivity contribution is -0.143. The lowest BCUT2D eigenvalue weighted by atomic mass is 10.0. The molecule has 0 heterocycles. The van der Waals surface area contributed by atoms with Crippen molar-refractivity contribution in [1.29, 1.82) is 0 Å². The van der Waals surface area contributed by atoms with E-state index in [0.717, 1.165) is 5.56 Å². The Morgan fingerprint density at radius 1 is 1.15 bits per heavy atom. The minimum atomic E-state index is -3.83. The molecule has 1 N–H and O–H groups in total. The summed E-state index contributed by atoms with van der Waals surface area (Å²) in [5.74, 6) is -0.465. The molecule has 0 unspecified atom stereocenters. The van der Waals surface area contributed by atoms with Gasteiger partial charge in [0.25, 0.3) is 0 Å². The predicted molar refractivity (Wildman–Crippen MR) is 102 cm³/mol. The number of hydrogen-bond acceptors (Lipinski definition) is 4. The normalized spacial score (nSPS) is 12.6. The van der Waals surface area contributed by atoms with E-state index in [-0.39, 0.29) is 17.9 Å². The summed E-state index contributed by atoms with van der Waals surface area (Å²) in [4.78, 5) is 12.0. The number of rotatable bonds is 7. The fourth-order valence-corrected chi connectivity index (χ4v) is 3.88. The van der Waals surface area contributed by atoms with Crippen LogP contribution in [-0.2, 0) is 19.6 Å². The third kappa shape index (κ3) is 5.30. The molecule has 0 radical (unpaired) electrons. The summed E-state index contributed by atoms with van der Waals surface area (Å²) in [6.07, 6.45) is -0.0945. The van der Waals surface area contributed by atoms with Crippen LogP contribution in [0.1, 0.15) is 36.1 Å². The summed E-state index contributed by atoms with van der Waals surface area (Å²) in [5, 5.41) is 0.491. The number of benzene rings is 2. The molecule has 2 aromatic carbocycles. The maximum Gasteiger partial charge on any atom is 0.307 e. The lowest BCUT2D eigenvalue weighted by Crippen LogP contribution is -2.30. The third-order valence-electron chi connectivity index (χ3n) is 3.89. The molecule has 26 heavy (non-hydrogen) atoms. The van der Waals surface area contributed by atoms with Crippen molar-refractivity contribution in [3.63, 3.8) is 0 Å². The molecule has 0 fully saturated rings. The van der Waals surface area contributed by atoms with Crippen LogP contribution in [0.3, 0.4) is 0 Å². The van der Waals surface area contributed by atoms with Gasteiger partial charge in [-0.15, -0.1) is 0 Å². The molecule has 2 rings (SSSR count). The van der Waals surface area contributed by atoms with Gasteiger partial charge >= 0.3 is 5.97 Å². The first kappa shape index (κ1) is 20.4. The number of halogens is 1. The average Bonchev–Trinajstić information content (AvgIpc) is 2.57. The zero-order chi connectivity index (χ0) is 19.3. The summed E-state index contributed by atoms with van der Waals surface area (Å²) in [5.41, 5.74) is 2.39. The van der Waals surface area contributed by atoms with Gasteiger partial charge in [0.1, 0.15) is 0 Å². The standard InChI is InChI=1S/C19H22ClNO4S/c1-4-25-19(22)12-18(15-7-5-13(2)6-8-15)21-26(23,24)16-9-10-17(20)14(3)11-16/h5-11,18,21H,4,12H2,1-3H3/t18-/m0/s1. The fraction of sp³-hybridized carbons (Fsp3) is 0.316. The first-order valence-corrected chi connectivity index (χ1v) is 10.1. The number of nitrogens with one attached hydrogen (secondary N) is 1. The van der Waals surface area contributed by atoms with Gasteiger partial charge in [-0.1, -0.05) is 41.4 Å². The van der Waals surface area contributed by atoms with Crippen molar-refractivity contribution in [2.24, 2.45) is 0 Å². The van der Waals surface area contributed by atoms with Gasteiger partial charge in [-0.05, 0) is 50.1 Å². The highest BCUT2D eigenvalue weighted by Gasteiger charge is 2.24. The summed E-state index contributed by atoms with van der Waals surface area (Å²) in [6.45, 7) is 5.62. The topological polar surface area (TPSA) is 72.5 Å². The Morgan fingerprint density at radius 2 is 1.81 bits per heavy atom. The van der Waals surface area contributed by atoms with E-state index in [1.54, 1.807) is 26.0 Å². The van der Waals surface area contributed by atoms with Crippen molar-refractivity contribution in [1.82, 2.24) is 4.72 Å². The van der Waals surface area contributed by atoms with Crippen molar-refractivity contribution in [2.45, 2.75) is 38.1 Å². The van der Waals surface area contributed by atoms with Gasteiger partial charge in [-0.25, -0.2) is 13.1 Å². The SMILES string of the molecule is CCOC(=O)C[C@H](NS(=O)(=O)c1ccc(Cl)c(C)c1)c1ccc(C)cc1. The smallest absolute Gasteiger partial charge is 0.307 e. The predicted octanol–water partition coefficient (Wildman–Crippen LogP) is 3.93. The summed E-state index contributed by atoms with van der Waals surface area (Å²) < 4.78 is 33.1. The second kappa shape index (κ2) is 8.66. The molecular formula is C19H22ClNO4S. The van der Waals surface area contributed by atoms with E-state index >= 15 is 0 Å². The molecule has 1 atom stereocenters. The van der Waals surface area contributed by atoms with Crippen LogP contribution in [0.15, 0.2) is 47.4 Å². The molecule has 5 nitrogen and oxygen atoms in total. The van der Waals surface area contributed by atoms with Crippen molar-refractivity contribution in [2.75, 3.05) is 6.61 Å². The highest BCUT2D eigenvalue weighted by Crippen LogP contribution is 2.24. The molecule has 0 aliphatic carbocycles. The monoisotopic (exact) mass is 395 g/mol. The quantitative estimate of drug-likeness (QED) is 0.721. The van der Waals surface area contributed by atoms with Gasteiger partial charge < -0.3 is 4.74 Å². The third-order valence-corrected chi connectivity index (χ3v) is 5.79. The number of carbonyl (C=O) groups is 1. The Balaban J connectivity index is 2.33. The van der Waals surface area contributed by atoms with Crippen LogP contribution in [0, 0.1) is 13.8 Å². The Morgan fingerprint density at radius 3 is 2.38 bits per heavy atom. The Kier molecular flexibility index (Phi) is 6.81. The average molecular weight is 396 g/mol. The van der Waals surface area contributed by atoms with E-state index in [4.69, 9.17) is 16.3 Å². The van der Waals surface area contributed by atoms with Gasteiger partial charge in [0, 0.05) is 5.02 Å². The molecule has 0 spiro atoms. The van der Waals surface area contributed by atoms with Crippen LogP contribution in [0.5, 0.6) is 0 Å². The summed E-state index contributed by atoms with van der Waals surface area (Å²) in [6, 6.07) is 11.1. The fourth-order valence-electron chi connectivity index (χ4n) is 2.45. The zero-order valence-electron chi connectivity index (χ0n) is 15.0. The molecule has 0 aromatic heterocycles. The van der Waals surface area contributed by atoms with E-state index in [1.165, 1.54) is 18.2 Å². The van der Waals surface area contributed by atoms with E-state index in [9.17, 15) is 13.2 Å². The second-order valence-electron chi connectivity index (χ2n) is 6.00. The van der Waals surface area contributed by atoms with Gasteiger partial charge in [0.05, 0.1) is 24.0 Å². The number of ether oxygens (including phenoxy) is 1. The van der Waals surface area contributed by atoms with E-state index in [2.05, 4.69) is 4.72 Å². The number of esters is 1. The molecule has 0 saturated heterocycles. The molecule has 0 amide bonds. The van der Waals surface area contributed by atoms with E-state index in [0.29, 0.717) is 16.1 Å². The van der Waals surface area contributed by atoms with E-state index in [1.807, 2.05) is 19.1 Å². The highest BCUT2D eigenvalue weighted by molar-refractivity contribution is 7.89. The lowest BCUT2D eigenvalue weighted by Gasteiger charge is -2.19. The van der Waals surface area contributed by atoms with Gasteiger partial charge in [0.15, 0.2) is 0 Å². The zero-order valence-corrected chi connectivity index (χ0v) is 16.5. The van der Waals surface area contributed by atoms with Crippen LogP contribution in [-0.4, -0.2) is 21.0 Å². The van der Waals surface area contributed by atoms with Crippen molar-refractivity contribution in [3.8, 4) is 0 Å². The summed E-state index contributed by atoms with van der Waals surface area (Å²) in [7, 11) is -3.83. The number of aryl methyl sites for hydroxylation is 2. The minimum absolute atomic E-state index is 0.0945. The molecule has 0 aliphatic rings. The van der Waals surface area contributed by atoms with Crippen molar-refractivity contribution < 1.29 is 17.9 Å². The molecular weight excluding hydrogens is 374 g/mol. The van der Waals surface area contributed by atoms with Crippen LogP contribution in [0.25, 0.3) is 0 Å². The van der Waals surface area contributed by atoms with Crippen LogP contribution in [0.2, 0.25) is 5.02 Å².